The zero-order valence-corrected chi connectivity index (χ0v) is 12.4. The zero-order valence-electron chi connectivity index (χ0n) is 12.4. The lowest BCUT2D eigenvalue weighted by molar-refractivity contribution is -0.140. The summed E-state index contributed by atoms with van der Waals surface area (Å²) in [5.74, 6) is 0.181. The number of amides is 1. The van der Waals surface area contributed by atoms with Crippen LogP contribution in [0.2, 0.25) is 0 Å². The van der Waals surface area contributed by atoms with E-state index in [0.29, 0.717) is 44.8 Å². The minimum Gasteiger partial charge on any atom is -0.383 e. The summed E-state index contributed by atoms with van der Waals surface area (Å²) in [6, 6.07) is 3.85. The number of carbonyl (C=O) groups excluding carboxylic acids is 1. The van der Waals surface area contributed by atoms with E-state index in [1.54, 1.807) is 6.20 Å². The molecule has 0 aliphatic carbocycles. The number of hydrogen-bond acceptors (Lipinski definition) is 4. The molecule has 0 spiro atoms. The van der Waals surface area contributed by atoms with Gasteiger partial charge in [0.2, 0.25) is 5.91 Å². The first-order valence-corrected chi connectivity index (χ1v) is 7.60. The van der Waals surface area contributed by atoms with Crippen molar-refractivity contribution in [3.63, 3.8) is 0 Å². The third-order valence-electron chi connectivity index (χ3n) is 4.57. The average Bonchev–Trinajstić information content (AvgIpc) is 3.02. The molecule has 114 valence electrons. The summed E-state index contributed by atoms with van der Waals surface area (Å²) in [7, 11) is 0. The molecule has 1 atom stereocenters. The molecule has 0 radical (unpaired) electrons. The second-order valence-corrected chi connectivity index (χ2v) is 6.14. The average molecular weight is 290 g/mol. The molecule has 0 bridgehead atoms. The van der Waals surface area contributed by atoms with Gasteiger partial charge >= 0.3 is 0 Å². The quantitative estimate of drug-likeness (QED) is 0.890. The van der Waals surface area contributed by atoms with Gasteiger partial charge < -0.3 is 14.7 Å². The Morgan fingerprint density at radius 1 is 1.43 bits per heavy atom. The molecular formula is C16H22N2O3. The van der Waals surface area contributed by atoms with Crippen LogP contribution in [0.15, 0.2) is 18.3 Å². The molecule has 2 aliphatic heterocycles. The predicted octanol–water partition coefficient (Wildman–Crippen LogP) is 1.24. The molecule has 0 saturated carbocycles. The topological polar surface area (TPSA) is 62.7 Å². The number of pyridine rings is 1. The molecule has 0 aromatic carbocycles. The van der Waals surface area contributed by atoms with Crippen molar-refractivity contribution in [3.8, 4) is 0 Å². The van der Waals surface area contributed by atoms with Crippen molar-refractivity contribution < 1.29 is 14.6 Å². The first-order chi connectivity index (χ1) is 10.1. The molecule has 2 fully saturated rings. The van der Waals surface area contributed by atoms with E-state index >= 15 is 0 Å². The minimum absolute atomic E-state index is 0.00805. The van der Waals surface area contributed by atoms with Gasteiger partial charge in [-0.15, -0.1) is 0 Å². The molecule has 5 heteroatoms. The van der Waals surface area contributed by atoms with Crippen molar-refractivity contribution >= 4 is 5.91 Å². The number of carbonyl (C=O) groups is 1. The van der Waals surface area contributed by atoms with E-state index in [9.17, 15) is 9.90 Å². The van der Waals surface area contributed by atoms with Gasteiger partial charge in [-0.05, 0) is 37.8 Å². The van der Waals surface area contributed by atoms with Crippen molar-refractivity contribution in [3.05, 3.63) is 29.6 Å². The summed E-state index contributed by atoms with van der Waals surface area (Å²) in [5, 5.41) is 10.8. The predicted molar refractivity (Wildman–Crippen MR) is 77.6 cm³/mol. The molecule has 1 amide bonds. The molecule has 5 nitrogen and oxygen atoms in total. The van der Waals surface area contributed by atoms with Crippen LogP contribution in [0.25, 0.3) is 0 Å². The second-order valence-electron chi connectivity index (χ2n) is 6.14. The maximum atomic E-state index is 12.3. The molecule has 3 heterocycles. The van der Waals surface area contributed by atoms with Gasteiger partial charge in [0, 0.05) is 25.9 Å². The van der Waals surface area contributed by atoms with E-state index in [2.05, 4.69) is 4.98 Å². The first kappa shape index (κ1) is 14.5. The molecular weight excluding hydrogens is 268 g/mol. The van der Waals surface area contributed by atoms with Gasteiger partial charge in [-0.25, -0.2) is 0 Å². The van der Waals surface area contributed by atoms with Crippen molar-refractivity contribution in [2.75, 3.05) is 26.3 Å². The maximum Gasteiger partial charge on any atom is 0.228 e. The van der Waals surface area contributed by atoms with Crippen molar-refractivity contribution in [2.45, 2.75) is 31.8 Å². The monoisotopic (exact) mass is 290 g/mol. The molecule has 0 unspecified atom stereocenters. The van der Waals surface area contributed by atoms with Gasteiger partial charge in [0.25, 0.3) is 0 Å². The van der Waals surface area contributed by atoms with E-state index in [1.165, 1.54) is 0 Å². The van der Waals surface area contributed by atoms with Crippen LogP contribution in [-0.2, 0) is 15.1 Å². The Labute approximate surface area is 124 Å². The van der Waals surface area contributed by atoms with Crippen LogP contribution in [0.3, 0.4) is 0 Å². The maximum absolute atomic E-state index is 12.3. The van der Waals surface area contributed by atoms with E-state index < -0.39 is 5.60 Å². The fourth-order valence-corrected chi connectivity index (χ4v) is 3.08. The highest BCUT2D eigenvalue weighted by molar-refractivity contribution is 5.79. The number of rotatable bonds is 2. The third-order valence-corrected chi connectivity index (χ3v) is 4.57. The van der Waals surface area contributed by atoms with Crippen LogP contribution >= 0.6 is 0 Å². The standard InChI is InChI=1S/C16H22N2O3/c1-12-2-3-14(17-10-12)16(20)5-7-18(8-6-16)15(19)13-4-9-21-11-13/h2-3,10,13,20H,4-9,11H2,1H3/t13-/m1/s1. The van der Waals surface area contributed by atoms with E-state index in [1.807, 2.05) is 24.0 Å². The van der Waals surface area contributed by atoms with E-state index in [-0.39, 0.29) is 11.8 Å². The van der Waals surface area contributed by atoms with Crippen LogP contribution in [0, 0.1) is 12.8 Å². The zero-order chi connectivity index (χ0) is 14.9. The highest BCUT2D eigenvalue weighted by Crippen LogP contribution is 2.32. The van der Waals surface area contributed by atoms with Crippen LogP contribution < -0.4 is 0 Å². The smallest absolute Gasteiger partial charge is 0.228 e. The van der Waals surface area contributed by atoms with Crippen LogP contribution in [0.5, 0.6) is 0 Å². The number of aryl methyl sites for hydroxylation is 1. The first-order valence-electron chi connectivity index (χ1n) is 7.60. The fraction of sp³-hybridized carbons (Fsp3) is 0.625. The van der Waals surface area contributed by atoms with Gasteiger partial charge in [0.1, 0.15) is 5.60 Å². The SMILES string of the molecule is Cc1ccc(C2(O)CCN(C(=O)[C@@H]3CCOC3)CC2)nc1. The number of ether oxygens (including phenoxy) is 1. The van der Waals surface area contributed by atoms with Crippen molar-refractivity contribution in [2.24, 2.45) is 5.92 Å². The van der Waals surface area contributed by atoms with Gasteiger partial charge in [0.15, 0.2) is 0 Å². The molecule has 21 heavy (non-hydrogen) atoms. The molecule has 1 aromatic rings. The fourth-order valence-electron chi connectivity index (χ4n) is 3.08. The van der Waals surface area contributed by atoms with Gasteiger partial charge in [-0.3, -0.25) is 9.78 Å². The lowest BCUT2D eigenvalue weighted by atomic mass is 9.87. The van der Waals surface area contributed by atoms with Gasteiger partial charge in [-0.1, -0.05) is 6.07 Å². The number of nitrogens with zero attached hydrogens (tertiary/aromatic N) is 2. The number of piperidine rings is 1. The van der Waals surface area contributed by atoms with E-state index in [4.69, 9.17) is 4.74 Å². The van der Waals surface area contributed by atoms with Crippen molar-refractivity contribution in [1.82, 2.24) is 9.88 Å². The molecule has 3 rings (SSSR count). The molecule has 2 saturated heterocycles. The van der Waals surface area contributed by atoms with Gasteiger partial charge in [0.05, 0.1) is 18.2 Å². The highest BCUT2D eigenvalue weighted by atomic mass is 16.5. The number of hydrogen-bond donors (Lipinski definition) is 1. The molecule has 1 aromatic heterocycles. The highest BCUT2D eigenvalue weighted by Gasteiger charge is 2.38. The van der Waals surface area contributed by atoms with Crippen LogP contribution in [-0.4, -0.2) is 47.2 Å². The Kier molecular flexibility index (Phi) is 3.95. The lowest BCUT2D eigenvalue weighted by Gasteiger charge is -2.38. The summed E-state index contributed by atoms with van der Waals surface area (Å²) >= 11 is 0. The minimum atomic E-state index is -0.906. The lowest BCUT2D eigenvalue weighted by Crippen LogP contribution is -2.47. The summed E-state index contributed by atoms with van der Waals surface area (Å²) in [5.41, 5.74) is 0.886. The Hall–Kier alpha value is -1.46. The van der Waals surface area contributed by atoms with Crippen LogP contribution in [0.4, 0.5) is 0 Å². The largest absolute Gasteiger partial charge is 0.383 e. The summed E-state index contributed by atoms with van der Waals surface area (Å²) < 4.78 is 5.28. The number of aromatic nitrogens is 1. The summed E-state index contributed by atoms with van der Waals surface area (Å²) in [6.45, 7) is 4.37. The Bertz CT molecular complexity index is 501. The second kappa shape index (κ2) is 5.73. The summed E-state index contributed by atoms with van der Waals surface area (Å²) in [6.07, 6.45) is 3.69. The molecule has 2 aliphatic rings. The van der Waals surface area contributed by atoms with Gasteiger partial charge in [-0.2, -0.15) is 0 Å². The Balaban J connectivity index is 1.63. The number of aliphatic hydroxyl groups is 1. The van der Waals surface area contributed by atoms with E-state index in [0.717, 1.165) is 12.0 Å². The number of likely N-dealkylation sites (tertiary alicyclic amines) is 1. The third kappa shape index (κ3) is 2.94. The normalized spacial score (nSPS) is 25.0. The van der Waals surface area contributed by atoms with Crippen LogP contribution in [0.1, 0.15) is 30.5 Å². The summed E-state index contributed by atoms with van der Waals surface area (Å²) in [4.78, 5) is 18.6. The Morgan fingerprint density at radius 2 is 2.19 bits per heavy atom. The van der Waals surface area contributed by atoms with Crippen molar-refractivity contribution in [1.29, 1.82) is 0 Å². The molecule has 1 N–H and O–H groups in total. The Morgan fingerprint density at radius 3 is 2.76 bits per heavy atom.